The van der Waals surface area contributed by atoms with Gasteiger partial charge in [0, 0.05) is 5.56 Å². The molecule has 0 aromatic heterocycles. The van der Waals surface area contributed by atoms with Gasteiger partial charge in [-0.25, -0.2) is 4.79 Å². The second-order valence-corrected chi connectivity index (χ2v) is 4.04. The molecule has 0 saturated heterocycles. The van der Waals surface area contributed by atoms with Crippen molar-refractivity contribution >= 4 is 12.3 Å². The Balaban J connectivity index is 1.76. The van der Waals surface area contributed by atoms with Crippen LogP contribution < -0.4 is 4.74 Å². The molecule has 2 rings (SSSR count). The summed E-state index contributed by atoms with van der Waals surface area (Å²) in [7, 11) is 0. The van der Waals surface area contributed by atoms with E-state index in [4.69, 9.17) is 9.47 Å². The lowest BCUT2D eigenvalue weighted by Gasteiger charge is -2.07. The van der Waals surface area contributed by atoms with Gasteiger partial charge in [-0.1, -0.05) is 30.3 Å². The second kappa shape index (κ2) is 7.09. The average molecular weight is 270 g/mol. The van der Waals surface area contributed by atoms with Gasteiger partial charge in [-0.2, -0.15) is 0 Å². The zero-order chi connectivity index (χ0) is 14.2. The molecule has 102 valence electrons. The van der Waals surface area contributed by atoms with Crippen molar-refractivity contribution in [3.8, 4) is 5.75 Å². The van der Waals surface area contributed by atoms with E-state index < -0.39 is 0 Å². The lowest BCUT2D eigenvalue weighted by molar-refractivity contribution is 0.0450. The number of hydrogen-bond acceptors (Lipinski definition) is 4. The lowest BCUT2D eigenvalue weighted by atomic mass is 10.2. The van der Waals surface area contributed by atoms with Crippen LogP contribution >= 0.6 is 0 Å². The minimum atomic E-state index is -0.379. The summed E-state index contributed by atoms with van der Waals surface area (Å²) in [6.45, 7) is 0.389. The molecule has 0 amide bonds. The SMILES string of the molecule is O=Cc1cccc(OCCOC(=O)c2ccccc2)c1. The van der Waals surface area contributed by atoms with Gasteiger partial charge in [-0.15, -0.1) is 0 Å². The van der Waals surface area contributed by atoms with Gasteiger partial charge < -0.3 is 9.47 Å². The fourth-order valence-electron chi connectivity index (χ4n) is 1.63. The van der Waals surface area contributed by atoms with Gasteiger partial charge in [0.15, 0.2) is 0 Å². The summed E-state index contributed by atoms with van der Waals surface area (Å²) in [5, 5.41) is 0. The Morgan fingerprint density at radius 2 is 1.80 bits per heavy atom. The van der Waals surface area contributed by atoms with E-state index >= 15 is 0 Å². The van der Waals surface area contributed by atoms with Crippen molar-refractivity contribution in [1.82, 2.24) is 0 Å². The van der Waals surface area contributed by atoms with Crippen molar-refractivity contribution in [2.45, 2.75) is 0 Å². The fourth-order valence-corrected chi connectivity index (χ4v) is 1.63. The highest BCUT2D eigenvalue weighted by atomic mass is 16.6. The Labute approximate surface area is 116 Å². The summed E-state index contributed by atoms with van der Waals surface area (Å²) in [6, 6.07) is 15.6. The molecule has 0 saturated carbocycles. The second-order valence-electron chi connectivity index (χ2n) is 4.04. The largest absolute Gasteiger partial charge is 0.490 e. The van der Waals surface area contributed by atoms with Crippen molar-refractivity contribution in [3.63, 3.8) is 0 Å². The summed E-state index contributed by atoms with van der Waals surface area (Å²) in [6.07, 6.45) is 0.752. The highest BCUT2D eigenvalue weighted by Gasteiger charge is 2.05. The van der Waals surface area contributed by atoms with Gasteiger partial charge in [-0.3, -0.25) is 4.79 Å². The van der Waals surface area contributed by atoms with Crippen LogP contribution in [0.25, 0.3) is 0 Å². The highest BCUT2D eigenvalue weighted by molar-refractivity contribution is 5.89. The predicted molar refractivity (Wildman–Crippen MR) is 74.0 cm³/mol. The topological polar surface area (TPSA) is 52.6 Å². The maximum absolute atomic E-state index is 11.6. The maximum Gasteiger partial charge on any atom is 0.338 e. The molecule has 20 heavy (non-hydrogen) atoms. The van der Waals surface area contributed by atoms with E-state index in [0.29, 0.717) is 16.9 Å². The molecule has 0 aliphatic carbocycles. The quantitative estimate of drug-likeness (QED) is 0.460. The van der Waals surface area contributed by atoms with Crippen LogP contribution in [0, 0.1) is 0 Å². The molecular weight excluding hydrogens is 256 g/mol. The Morgan fingerprint density at radius 3 is 2.55 bits per heavy atom. The normalized spacial score (nSPS) is 9.80. The van der Waals surface area contributed by atoms with Crippen LogP contribution in [0.3, 0.4) is 0 Å². The minimum Gasteiger partial charge on any atom is -0.490 e. The number of rotatable bonds is 6. The van der Waals surface area contributed by atoms with Crippen LogP contribution in [0.1, 0.15) is 20.7 Å². The molecule has 0 heterocycles. The van der Waals surface area contributed by atoms with Gasteiger partial charge in [0.2, 0.25) is 0 Å². The summed E-state index contributed by atoms with van der Waals surface area (Å²) in [4.78, 5) is 22.2. The van der Waals surface area contributed by atoms with Crippen LogP contribution in [0.15, 0.2) is 54.6 Å². The van der Waals surface area contributed by atoms with E-state index in [2.05, 4.69) is 0 Å². The summed E-state index contributed by atoms with van der Waals surface area (Å²) < 4.78 is 10.5. The minimum absolute atomic E-state index is 0.152. The summed E-state index contributed by atoms with van der Waals surface area (Å²) in [5.41, 5.74) is 1.05. The van der Waals surface area contributed by atoms with Gasteiger partial charge in [0.25, 0.3) is 0 Å². The fraction of sp³-hybridized carbons (Fsp3) is 0.125. The van der Waals surface area contributed by atoms with Gasteiger partial charge in [0.1, 0.15) is 25.2 Å². The van der Waals surface area contributed by atoms with Gasteiger partial charge >= 0.3 is 5.97 Å². The molecule has 0 atom stereocenters. The third-order valence-electron chi connectivity index (χ3n) is 2.59. The van der Waals surface area contributed by atoms with Crippen molar-refractivity contribution < 1.29 is 19.1 Å². The van der Waals surface area contributed by atoms with Gasteiger partial charge in [0.05, 0.1) is 5.56 Å². The molecule has 4 nitrogen and oxygen atoms in total. The number of aldehydes is 1. The summed E-state index contributed by atoms with van der Waals surface area (Å²) >= 11 is 0. The molecule has 0 bridgehead atoms. The van der Waals surface area contributed by atoms with E-state index in [1.165, 1.54) is 0 Å². The monoisotopic (exact) mass is 270 g/mol. The van der Waals surface area contributed by atoms with Crippen molar-refractivity contribution in [1.29, 1.82) is 0 Å². The molecule has 0 radical (unpaired) electrons. The van der Waals surface area contributed by atoms with Crippen LogP contribution in [-0.4, -0.2) is 25.5 Å². The van der Waals surface area contributed by atoms with Gasteiger partial charge in [-0.05, 0) is 24.3 Å². The van der Waals surface area contributed by atoms with Crippen LogP contribution in [-0.2, 0) is 4.74 Å². The molecule has 0 aliphatic rings. The molecule has 0 fully saturated rings. The first-order valence-corrected chi connectivity index (χ1v) is 6.20. The zero-order valence-corrected chi connectivity index (χ0v) is 10.8. The Kier molecular flexibility index (Phi) is 4.89. The van der Waals surface area contributed by atoms with Crippen molar-refractivity contribution in [3.05, 3.63) is 65.7 Å². The molecule has 2 aromatic rings. The third kappa shape index (κ3) is 3.95. The highest BCUT2D eigenvalue weighted by Crippen LogP contribution is 2.11. The standard InChI is InChI=1S/C16H14O4/c17-12-13-5-4-8-15(11-13)19-9-10-20-16(18)14-6-2-1-3-7-14/h1-8,11-12H,9-10H2. The van der Waals surface area contributed by atoms with E-state index in [1.807, 2.05) is 6.07 Å². The first-order chi connectivity index (χ1) is 9.79. The zero-order valence-electron chi connectivity index (χ0n) is 10.8. The predicted octanol–water partition coefficient (Wildman–Crippen LogP) is 2.73. The molecule has 2 aromatic carbocycles. The Hall–Kier alpha value is -2.62. The van der Waals surface area contributed by atoms with E-state index in [0.717, 1.165) is 6.29 Å². The number of hydrogen-bond donors (Lipinski definition) is 0. The molecule has 4 heteroatoms. The number of carbonyl (C=O) groups is 2. The lowest BCUT2D eigenvalue weighted by Crippen LogP contribution is -2.12. The summed E-state index contributed by atoms with van der Waals surface area (Å²) in [5.74, 6) is 0.196. The molecular formula is C16H14O4. The van der Waals surface area contributed by atoms with E-state index in [9.17, 15) is 9.59 Å². The number of ether oxygens (including phenoxy) is 2. The van der Waals surface area contributed by atoms with Crippen molar-refractivity contribution in [2.24, 2.45) is 0 Å². The van der Waals surface area contributed by atoms with E-state index in [1.54, 1.807) is 48.5 Å². The van der Waals surface area contributed by atoms with E-state index in [-0.39, 0.29) is 19.2 Å². The maximum atomic E-state index is 11.6. The Morgan fingerprint density at radius 1 is 1.00 bits per heavy atom. The Bertz CT molecular complexity index is 578. The van der Waals surface area contributed by atoms with Crippen LogP contribution in [0.5, 0.6) is 5.75 Å². The first-order valence-electron chi connectivity index (χ1n) is 6.20. The first kappa shape index (κ1) is 13.8. The third-order valence-corrected chi connectivity index (χ3v) is 2.59. The average Bonchev–Trinajstić information content (AvgIpc) is 2.52. The molecule has 0 spiro atoms. The van der Waals surface area contributed by atoms with Crippen LogP contribution in [0.2, 0.25) is 0 Å². The van der Waals surface area contributed by atoms with Crippen LogP contribution in [0.4, 0.5) is 0 Å². The number of carbonyl (C=O) groups excluding carboxylic acids is 2. The smallest absolute Gasteiger partial charge is 0.338 e. The number of esters is 1. The molecule has 0 unspecified atom stereocenters. The molecule has 0 aliphatic heterocycles. The van der Waals surface area contributed by atoms with Crippen molar-refractivity contribution in [2.75, 3.05) is 13.2 Å². The number of benzene rings is 2. The molecule has 0 N–H and O–H groups in total.